The average molecular weight is 442 g/mol. The number of imidazole rings is 1. The smallest absolute Gasteiger partial charge is 0.217 e. The number of rotatable bonds is 8. The first-order valence-electron chi connectivity index (χ1n) is 11.3. The number of carbonyl (C=O) groups is 1. The molecule has 1 aliphatic rings. The quantitative estimate of drug-likeness (QED) is 0.376. The molecule has 6 heteroatoms. The highest BCUT2D eigenvalue weighted by Gasteiger charge is 2.21. The Morgan fingerprint density at radius 3 is 2.64 bits per heavy atom. The Bertz CT molecular complexity index is 1280. The molecule has 0 saturated heterocycles. The minimum Gasteiger partial charge on any atom is -0.493 e. The van der Waals surface area contributed by atoms with Gasteiger partial charge in [-0.25, -0.2) is 4.98 Å². The first kappa shape index (κ1) is 21.1. The van der Waals surface area contributed by atoms with Gasteiger partial charge < -0.3 is 19.2 Å². The lowest BCUT2D eigenvalue weighted by Crippen LogP contribution is -2.23. The van der Waals surface area contributed by atoms with Gasteiger partial charge in [-0.1, -0.05) is 6.07 Å². The number of pyridine rings is 1. The summed E-state index contributed by atoms with van der Waals surface area (Å²) < 4.78 is 13.9. The van der Waals surface area contributed by atoms with E-state index >= 15 is 0 Å². The molecule has 6 nitrogen and oxygen atoms in total. The Labute approximate surface area is 193 Å². The van der Waals surface area contributed by atoms with Gasteiger partial charge in [-0.3, -0.25) is 4.79 Å². The Morgan fingerprint density at radius 2 is 1.88 bits per heavy atom. The van der Waals surface area contributed by atoms with Gasteiger partial charge in [0.05, 0.1) is 18.3 Å². The minimum atomic E-state index is -0.0679. The Balaban J connectivity index is 1.29. The van der Waals surface area contributed by atoms with Crippen LogP contribution in [0.2, 0.25) is 0 Å². The summed E-state index contributed by atoms with van der Waals surface area (Å²) in [5, 5.41) is 2.91. The lowest BCUT2D eigenvalue weighted by Gasteiger charge is -2.12. The number of benzene rings is 2. The number of nitrogens with zero attached hydrogens (tertiary/aromatic N) is 2. The highest BCUT2D eigenvalue weighted by Crippen LogP contribution is 2.31. The van der Waals surface area contributed by atoms with E-state index in [0.29, 0.717) is 5.92 Å². The van der Waals surface area contributed by atoms with Gasteiger partial charge in [-0.15, -0.1) is 0 Å². The fraction of sp³-hybridized carbons (Fsp3) is 0.259. The maximum absolute atomic E-state index is 11.3. The molecule has 1 N–H and O–H groups in total. The minimum absolute atomic E-state index is 0.0498. The van der Waals surface area contributed by atoms with Crippen molar-refractivity contribution in [1.29, 1.82) is 0 Å². The van der Waals surface area contributed by atoms with Crippen molar-refractivity contribution in [2.45, 2.75) is 32.7 Å². The molecule has 2 aromatic carbocycles. The van der Waals surface area contributed by atoms with E-state index in [1.165, 1.54) is 19.8 Å². The summed E-state index contributed by atoms with van der Waals surface area (Å²) in [7, 11) is 0. The average Bonchev–Trinajstić information content (AvgIpc) is 3.54. The van der Waals surface area contributed by atoms with Crippen molar-refractivity contribution in [1.82, 2.24) is 14.7 Å². The second-order valence-electron chi connectivity index (χ2n) is 8.63. The molecule has 1 unspecified atom stereocenters. The highest BCUT2D eigenvalue weighted by molar-refractivity contribution is 5.73. The third kappa shape index (κ3) is 5.17. The van der Waals surface area contributed by atoms with Crippen molar-refractivity contribution in [3.05, 3.63) is 78.6 Å². The van der Waals surface area contributed by atoms with Gasteiger partial charge in [0.2, 0.25) is 5.91 Å². The molecule has 4 aromatic rings. The molecule has 1 aliphatic carbocycles. The lowest BCUT2D eigenvalue weighted by atomic mass is 10.1. The van der Waals surface area contributed by atoms with Crippen LogP contribution in [0.25, 0.3) is 16.9 Å². The van der Waals surface area contributed by atoms with Crippen LogP contribution in [0.4, 0.5) is 0 Å². The topological polar surface area (TPSA) is 64.9 Å². The highest BCUT2D eigenvalue weighted by atomic mass is 16.5. The van der Waals surface area contributed by atoms with Crippen LogP contribution in [-0.4, -0.2) is 21.9 Å². The molecule has 0 bridgehead atoms. The largest absolute Gasteiger partial charge is 0.493 e. The molecule has 1 saturated carbocycles. The van der Waals surface area contributed by atoms with Crippen LogP contribution in [0.1, 0.15) is 38.3 Å². The van der Waals surface area contributed by atoms with Crippen LogP contribution in [0, 0.1) is 5.92 Å². The van der Waals surface area contributed by atoms with Gasteiger partial charge in [0.1, 0.15) is 22.9 Å². The van der Waals surface area contributed by atoms with Crippen molar-refractivity contribution < 1.29 is 14.3 Å². The van der Waals surface area contributed by atoms with E-state index < -0.39 is 0 Å². The van der Waals surface area contributed by atoms with Gasteiger partial charge in [0, 0.05) is 30.9 Å². The number of aromatic nitrogens is 2. The van der Waals surface area contributed by atoms with Gasteiger partial charge in [0.15, 0.2) is 0 Å². The first-order valence-corrected chi connectivity index (χ1v) is 11.3. The molecule has 168 valence electrons. The third-order valence-corrected chi connectivity index (χ3v) is 5.78. The maximum Gasteiger partial charge on any atom is 0.217 e. The molecular formula is C27H27N3O3. The molecule has 33 heavy (non-hydrogen) atoms. The summed E-state index contributed by atoms with van der Waals surface area (Å²) in [6.07, 6.45) is 6.51. The van der Waals surface area contributed by atoms with E-state index in [1.54, 1.807) is 0 Å². The van der Waals surface area contributed by atoms with E-state index in [9.17, 15) is 4.79 Å². The fourth-order valence-corrected chi connectivity index (χ4v) is 3.75. The zero-order chi connectivity index (χ0) is 22.8. The second-order valence-corrected chi connectivity index (χ2v) is 8.63. The SMILES string of the molecule is CC(=O)NC(C)c1ccn2cc(-c3ccc(Oc4cccc(OCC5CC5)c4)cc3)nc2c1. The van der Waals surface area contributed by atoms with Crippen molar-refractivity contribution in [2.24, 2.45) is 5.92 Å². The first-order chi connectivity index (χ1) is 16.0. The van der Waals surface area contributed by atoms with E-state index in [0.717, 1.165) is 46.3 Å². The van der Waals surface area contributed by atoms with E-state index in [2.05, 4.69) is 5.32 Å². The summed E-state index contributed by atoms with van der Waals surface area (Å²) in [4.78, 5) is 16.1. The number of hydrogen-bond donors (Lipinski definition) is 1. The Kier molecular flexibility index (Phi) is 5.73. The van der Waals surface area contributed by atoms with Gasteiger partial charge >= 0.3 is 0 Å². The summed E-state index contributed by atoms with van der Waals surface area (Å²) in [6, 6.07) is 19.6. The van der Waals surface area contributed by atoms with Crippen molar-refractivity contribution in [3.8, 4) is 28.5 Å². The van der Waals surface area contributed by atoms with Crippen molar-refractivity contribution in [3.63, 3.8) is 0 Å². The molecule has 1 amide bonds. The number of ether oxygens (including phenoxy) is 2. The van der Waals surface area contributed by atoms with Gasteiger partial charge in [-0.05, 0) is 79.8 Å². The predicted molar refractivity (Wildman–Crippen MR) is 128 cm³/mol. The lowest BCUT2D eigenvalue weighted by molar-refractivity contribution is -0.119. The number of fused-ring (bicyclic) bond motifs is 1. The molecular weight excluding hydrogens is 414 g/mol. The van der Waals surface area contributed by atoms with Crippen LogP contribution in [0.15, 0.2) is 73.1 Å². The zero-order valence-electron chi connectivity index (χ0n) is 18.8. The zero-order valence-corrected chi connectivity index (χ0v) is 18.8. The summed E-state index contributed by atoms with van der Waals surface area (Å²) in [6.45, 7) is 4.27. The summed E-state index contributed by atoms with van der Waals surface area (Å²) >= 11 is 0. The molecule has 1 atom stereocenters. The van der Waals surface area contributed by atoms with Crippen LogP contribution >= 0.6 is 0 Å². The number of carbonyl (C=O) groups excluding carboxylic acids is 1. The Morgan fingerprint density at radius 1 is 1.09 bits per heavy atom. The van der Waals surface area contributed by atoms with E-state index in [-0.39, 0.29) is 11.9 Å². The molecule has 0 radical (unpaired) electrons. The summed E-state index contributed by atoms with van der Waals surface area (Å²) in [5.41, 5.74) is 3.73. The van der Waals surface area contributed by atoms with Gasteiger partial charge in [0.25, 0.3) is 0 Å². The molecule has 2 heterocycles. The van der Waals surface area contributed by atoms with Crippen LogP contribution in [0.5, 0.6) is 17.2 Å². The fourth-order valence-electron chi connectivity index (χ4n) is 3.75. The van der Waals surface area contributed by atoms with Crippen molar-refractivity contribution in [2.75, 3.05) is 6.61 Å². The molecule has 0 spiro atoms. The van der Waals surface area contributed by atoms with E-state index in [1.807, 2.05) is 84.4 Å². The van der Waals surface area contributed by atoms with Crippen LogP contribution in [0.3, 0.4) is 0 Å². The molecule has 1 fully saturated rings. The monoisotopic (exact) mass is 441 g/mol. The molecule has 0 aliphatic heterocycles. The number of nitrogens with one attached hydrogen (secondary N) is 1. The standard InChI is InChI=1S/C27H27N3O3/c1-18(28-19(2)31)22-12-13-30-16-26(29-27(30)14-22)21-8-10-23(11-9-21)33-25-5-3-4-24(15-25)32-17-20-6-7-20/h3-5,8-16,18,20H,6-7,17H2,1-2H3,(H,28,31). The van der Waals surface area contributed by atoms with E-state index in [4.69, 9.17) is 14.5 Å². The normalized spacial score (nSPS) is 14.1. The Hall–Kier alpha value is -3.80. The predicted octanol–water partition coefficient (Wildman–Crippen LogP) is 5.78. The third-order valence-electron chi connectivity index (χ3n) is 5.78. The maximum atomic E-state index is 11.3. The second kappa shape index (κ2) is 8.98. The van der Waals surface area contributed by atoms with Crippen LogP contribution < -0.4 is 14.8 Å². The molecule has 2 aromatic heterocycles. The summed E-state index contributed by atoms with van der Waals surface area (Å²) in [5.74, 6) is 3.02. The molecule has 5 rings (SSSR count). The van der Waals surface area contributed by atoms with Crippen molar-refractivity contribution >= 4 is 11.6 Å². The van der Waals surface area contributed by atoms with Gasteiger partial charge in [-0.2, -0.15) is 0 Å². The van der Waals surface area contributed by atoms with Crippen LogP contribution in [-0.2, 0) is 4.79 Å². The number of hydrogen-bond acceptors (Lipinski definition) is 4. The number of amides is 1.